The van der Waals surface area contributed by atoms with Crippen molar-refractivity contribution >= 4 is 11.9 Å². The van der Waals surface area contributed by atoms with Crippen LogP contribution in [-0.2, 0) is 20.9 Å². The topological polar surface area (TPSA) is 84.9 Å². The first-order valence-electron chi connectivity index (χ1n) is 6.76. The molecule has 23 heavy (non-hydrogen) atoms. The molecule has 126 valence electrons. The molecule has 0 bridgehead atoms. The predicted molar refractivity (Wildman–Crippen MR) is 70.4 cm³/mol. The van der Waals surface area contributed by atoms with E-state index in [0.717, 1.165) is 12.1 Å². The molecule has 0 saturated carbocycles. The van der Waals surface area contributed by atoms with Crippen molar-refractivity contribution in [2.24, 2.45) is 0 Å². The lowest BCUT2D eigenvalue weighted by Gasteiger charge is -2.14. The van der Waals surface area contributed by atoms with Gasteiger partial charge in [0.05, 0.1) is 0 Å². The number of hydrogen-bond donors (Lipinski definition) is 2. The SMILES string of the molecule is O=C(NCc1c(F)cccc1OC(F)F)[C@@H]1CC[C@H](C(=O)O)O1. The summed E-state index contributed by atoms with van der Waals surface area (Å²) >= 11 is 0. The van der Waals surface area contributed by atoms with E-state index in [0.29, 0.717) is 0 Å². The summed E-state index contributed by atoms with van der Waals surface area (Å²) in [5.74, 6) is -2.99. The number of halogens is 3. The Morgan fingerprint density at radius 3 is 2.65 bits per heavy atom. The minimum atomic E-state index is -3.12. The highest BCUT2D eigenvalue weighted by Gasteiger charge is 2.34. The van der Waals surface area contributed by atoms with E-state index in [-0.39, 0.29) is 30.7 Å². The molecule has 1 fully saturated rings. The van der Waals surface area contributed by atoms with Crippen LogP contribution in [0.2, 0.25) is 0 Å². The highest BCUT2D eigenvalue weighted by molar-refractivity contribution is 5.82. The lowest BCUT2D eigenvalue weighted by Crippen LogP contribution is -2.35. The van der Waals surface area contributed by atoms with Crippen LogP contribution in [-0.4, -0.2) is 35.8 Å². The Bertz CT molecular complexity index is 596. The molecule has 1 aromatic rings. The van der Waals surface area contributed by atoms with Crippen LogP contribution in [0.15, 0.2) is 18.2 Å². The zero-order valence-corrected chi connectivity index (χ0v) is 11.8. The molecule has 6 nitrogen and oxygen atoms in total. The quantitative estimate of drug-likeness (QED) is 0.827. The molecule has 2 atom stereocenters. The van der Waals surface area contributed by atoms with E-state index in [1.165, 1.54) is 6.07 Å². The molecular weight excluding hydrogens is 319 g/mol. The third kappa shape index (κ3) is 4.35. The van der Waals surface area contributed by atoms with Crippen LogP contribution in [0.5, 0.6) is 5.75 Å². The maximum atomic E-state index is 13.7. The number of carbonyl (C=O) groups excluding carboxylic acids is 1. The summed E-state index contributed by atoms with van der Waals surface area (Å²) in [5, 5.41) is 11.1. The van der Waals surface area contributed by atoms with Gasteiger partial charge in [-0.3, -0.25) is 4.79 Å². The molecule has 1 aliphatic heterocycles. The highest BCUT2D eigenvalue weighted by Crippen LogP contribution is 2.24. The van der Waals surface area contributed by atoms with Crippen LogP contribution < -0.4 is 10.1 Å². The van der Waals surface area contributed by atoms with Crippen LogP contribution in [0.4, 0.5) is 13.2 Å². The van der Waals surface area contributed by atoms with Gasteiger partial charge in [-0.25, -0.2) is 9.18 Å². The first kappa shape index (κ1) is 17.1. The summed E-state index contributed by atoms with van der Waals surface area (Å²) in [6, 6.07) is 3.41. The Labute approximate surface area is 129 Å². The molecular formula is C14H14F3NO5. The van der Waals surface area contributed by atoms with Gasteiger partial charge >= 0.3 is 12.6 Å². The molecule has 0 radical (unpaired) electrons. The second kappa shape index (κ2) is 7.32. The molecule has 0 aliphatic carbocycles. The number of carboxylic acid groups (broad SMARTS) is 1. The molecule has 0 spiro atoms. The second-order valence-corrected chi connectivity index (χ2v) is 4.84. The van der Waals surface area contributed by atoms with Crippen molar-refractivity contribution in [1.82, 2.24) is 5.32 Å². The predicted octanol–water partition coefficient (Wildman–Crippen LogP) is 1.68. The second-order valence-electron chi connectivity index (χ2n) is 4.84. The van der Waals surface area contributed by atoms with Crippen LogP contribution in [0.1, 0.15) is 18.4 Å². The van der Waals surface area contributed by atoms with Gasteiger partial charge < -0.3 is 19.9 Å². The van der Waals surface area contributed by atoms with Gasteiger partial charge in [0.2, 0.25) is 5.91 Å². The van der Waals surface area contributed by atoms with Gasteiger partial charge in [0.15, 0.2) is 6.10 Å². The Hall–Kier alpha value is -2.29. The molecule has 1 heterocycles. The van der Waals surface area contributed by atoms with E-state index >= 15 is 0 Å². The molecule has 0 unspecified atom stereocenters. The van der Waals surface area contributed by atoms with Gasteiger partial charge in [0, 0.05) is 12.1 Å². The minimum absolute atomic E-state index is 0.187. The Balaban J connectivity index is 1.98. The zero-order chi connectivity index (χ0) is 17.0. The average Bonchev–Trinajstić information content (AvgIpc) is 2.96. The third-order valence-corrected chi connectivity index (χ3v) is 3.32. The van der Waals surface area contributed by atoms with Crippen molar-refractivity contribution in [2.45, 2.75) is 38.2 Å². The molecule has 1 aliphatic rings. The smallest absolute Gasteiger partial charge is 0.387 e. The number of nitrogens with one attached hydrogen (secondary N) is 1. The summed E-state index contributed by atoms with van der Waals surface area (Å²) in [6.45, 7) is -3.51. The molecule has 1 amide bonds. The maximum absolute atomic E-state index is 13.7. The van der Waals surface area contributed by atoms with Crippen LogP contribution >= 0.6 is 0 Å². The van der Waals surface area contributed by atoms with Crippen LogP contribution in [0.25, 0.3) is 0 Å². The van der Waals surface area contributed by atoms with Crippen molar-refractivity contribution < 1.29 is 37.3 Å². The number of hydrogen-bond acceptors (Lipinski definition) is 4. The first-order chi connectivity index (χ1) is 10.9. The van der Waals surface area contributed by atoms with E-state index in [1.807, 2.05) is 0 Å². The third-order valence-electron chi connectivity index (χ3n) is 3.32. The van der Waals surface area contributed by atoms with Gasteiger partial charge in [-0.15, -0.1) is 0 Å². The number of ether oxygens (including phenoxy) is 2. The van der Waals surface area contributed by atoms with E-state index in [2.05, 4.69) is 10.1 Å². The number of rotatable bonds is 6. The lowest BCUT2D eigenvalue weighted by atomic mass is 10.1. The number of benzene rings is 1. The molecule has 9 heteroatoms. The summed E-state index contributed by atoms with van der Waals surface area (Å²) in [7, 11) is 0. The number of aliphatic carboxylic acids is 1. The lowest BCUT2D eigenvalue weighted by molar-refractivity contribution is -0.151. The maximum Gasteiger partial charge on any atom is 0.387 e. The molecule has 2 N–H and O–H groups in total. The molecule has 1 saturated heterocycles. The van der Waals surface area contributed by atoms with Gasteiger partial charge in [0.25, 0.3) is 0 Å². The van der Waals surface area contributed by atoms with Gasteiger partial charge in [-0.05, 0) is 25.0 Å². The number of amides is 1. The number of carbonyl (C=O) groups is 2. The van der Waals surface area contributed by atoms with Crippen molar-refractivity contribution in [3.63, 3.8) is 0 Å². The number of carboxylic acids is 1. The number of alkyl halides is 2. The fourth-order valence-corrected chi connectivity index (χ4v) is 2.22. The Morgan fingerprint density at radius 2 is 2.04 bits per heavy atom. The standard InChI is InChI=1S/C14H14F3NO5/c15-8-2-1-3-9(23-14(16)17)7(8)6-18-12(19)10-4-5-11(22-10)13(20)21/h1-3,10-11,14H,4-6H2,(H,18,19)(H,20,21)/t10-,11+/m0/s1. The average molecular weight is 333 g/mol. The van der Waals surface area contributed by atoms with E-state index in [9.17, 15) is 22.8 Å². The Kier molecular flexibility index (Phi) is 5.43. The van der Waals surface area contributed by atoms with Gasteiger partial charge in [0.1, 0.15) is 17.7 Å². The van der Waals surface area contributed by atoms with Crippen LogP contribution in [0.3, 0.4) is 0 Å². The van der Waals surface area contributed by atoms with Crippen molar-refractivity contribution in [1.29, 1.82) is 0 Å². The summed E-state index contributed by atoms with van der Waals surface area (Å²) in [4.78, 5) is 22.6. The van der Waals surface area contributed by atoms with Gasteiger partial charge in [-0.1, -0.05) is 6.07 Å². The van der Waals surface area contributed by atoms with E-state index in [1.54, 1.807) is 0 Å². The summed E-state index contributed by atoms with van der Waals surface area (Å²) < 4.78 is 47.5. The largest absolute Gasteiger partial charge is 0.479 e. The fourth-order valence-electron chi connectivity index (χ4n) is 2.22. The minimum Gasteiger partial charge on any atom is -0.479 e. The van der Waals surface area contributed by atoms with E-state index < -0.39 is 36.5 Å². The fraction of sp³-hybridized carbons (Fsp3) is 0.429. The monoisotopic (exact) mass is 333 g/mol. The normalized spacial score (nSPS) is 20.5. The Morgan fingerprint density at radius 1 is 1.35 bits per heavy atom. The zero-order valence-electron chi connectivity index (χ0n) is 11.8. The molecule has 1 aromatic carbocycles. The van der Waals surface area contributed by atoms with Crippen molar-refractivity contribution in [3.05, 3.63) is 29.6 Å². The van der Waals surface area contributed by atoms with Crippen molar-refractivity contribution in [2.75, 3.05) is 0 Å². The van der Waals surface area contributed by atoms with E-state index in [4.69, 9.17) is 9.84 Å². The van der Waals surface area contributed by atoms with Crippen molar-refractivity contribution in [3.8, 4) is 5.75 Å². The first-order valence-corrected chi connectivity index (χ1v) is 6.76. The molecule has 0 aromatic heterocycles. The van der Waals surface area contributed by atoms with Crippen LogP contribution in [0, 0.1) is 5.82 Å². The molecule has 2 rings (SSSR count). The highest BCUT2D eigenvalue weighted by atomic mass is 19.3. The van der Waals surface area contributed by atoms with Gasteiger partial charge in [-0.2, -0.15) is 8.78 Å². The summed E-state index contributed by atoms with van der Waals surface area (Å²) in [6.07, 6.45) is -1.63. The summed E-state index contributed by atoms with van der Waals surface area (Å²) in [5.41, 5.74) is -0.228.